The van der Waals surface area contributed by atoms with Gasteiger partial charge in [0.05, 0.1) is 6.10 Å². The summed E-state index contributed by atoms with van der Waals surface area (Å²) in [6.45, 7) is 3.89. The Labute approximate surface area is 170 Å². The fourth-order valence-electron chi connectivity index (χ4n) is 2.86. The van der Waals surface area contributed by atoms with E-state index in [4.69, 9.17) is 4.74 Å². The van der Waals surface area contributed by atoms with Crippen LogP contribution in [0, 0.1) is 0 Å². The topological polar surface area (TPSA) is 139 Å². The van der Waals surface area contributed by atoms with Gasteiger partial charge < -0.3 is 35.2 Å². The Hall–Kier alpha value is -2.09. The molecule has 0 aromatic heterocycles. The zero-order valence-electron chi connectivity index (χ0n) is 16.4. The van der Waals surface area contributed by atoms with Crippen LogP contribution in [-0.4, -0.2) is 43.5 Å². The third kappa shape index (κ3) is 7.03. The Morgan fingerprint density at radius 1 is 1.07 bits per heavy atom. The number of phenolic OH excluding ortho intramolecular Hbond substituents is 2. The lowest BCUT2D eigenvalue weighted by atomic mass is 10.1. The molecule has 0 bridgehead atoms. The van der Waals surface area contributed by atoms with Crippen molar-refractivity contribution in [3.8, 4) is 17.2 Å². The van der Waals surface area contributed by atoms with E-state index in [1.54, 1.807) is 25.1 Å². The third-order valence-electron chi connectivity index (χ3n) is 4.51. The predicted molar refractivity (Wildman–Crippen MR) is 109 cm³/mol. The number of hydrogen-bond acceptors (Lipinski definition) is 6. The molecular weight excluding hydrogens is 397 g/mol. The first-order valence-corrected chi connectivity index (χ1v) is 11.0. The van der Waals surface area contributed by atoms with Crippen LogP contribution in [0.3, 0.4) is 0 Å². The summed E-state index contributed by atoms with van der Waals surface area (Å²) in [4.78, 5) is 18.5. The van der Waals surface area contributed by atoms with Crippen molar-refractivity contribution in [3.05, 3.63) is 53.6 Å². The minimum atomic E-state index is -4.31. The summed E-state index contributed by atoms with van der Waals surface area (Å²) in [5.41, 5.74) is 1.50. The Morgan fingerprint density at radius 3 is 2.28 bits per heavy atom. The average Bonchev–Trinajstić information content (AvgIpc) is 2.66. The van der Waals surface area contributed by atoms with Crippen LogP contribution >= 0.6 is 7.60 Å². The van der Waals surface area contributed by atoms with Gasteiger partial charge in [-0.3, -0.25) is 4.57 Å². The molecule has 6 N–H and O–H groups in total. The number of rotatable bonds is 10. The average molecular weight is 425 g/mol. The molecule has 2 aromatic rings. The molecule has 2 aromatic carbocycles. The van der Waals surface area contributed by atoms with Crippen LogP contribution in [0.2, 0.25) is 0 Å². The zero-order chi connectivity index (χ0) is 21.6. The Kier molecular flexibility index (Phi) is 8.07. The maximum absolute atomic E-state index is 11.4. The number of aliphatic hydroxyl groups excluding tert-OH is 1. The van der Waals surface area contributed by atoms with E-state index in [0.717, 1.165) is 5.56 Å². The van der Waals surface area contributed by atoms with Gasteiger partial charge in [0.1, 0.15) is 5.75 Å². The molecule has 0 aliphatic carbocycles. The number of phenols is 2. The molecule has 29 heavy (non-hydrogen) atoms. The number of aromatic hydroxyl groups is 2. The monoisotopic (exact) mass is 425 g/mol. The summed E-state index contributed by atoms with van der Waals surface area (Å²) in [5, 5.41) is 32.3. The zero-order valence-corrected chi connectivity index (χ0v) is 17.3. The molecule has 9 heteroatoms. The molecule has 160 valence electrons. The second kappa shape index (κ2) is 10.1. The lowest BCUT2D eigenvalue weighted by Crippen LogP contribution is -2.32. The van der Waals surface area contributed by atoms with Gasteiger partial charge in [0.25, 0.3) is 0 Å². The lowest BCUT2D eigenvalue weighted by molar-refractivity contribution is 0.170. The Bertz CT molecular complexity index is 837. The normalized spacial score (nSPS) is 14.9. The van der Waals surface area contributed by atoms with Crippen molar-refractivity contribution in [2.75, 3.05) is 6.54 Å². The number of benzene rings is 2. The lowest BCUT2D eigenvalue weighted by Gasteiger charge is -2.19. The van der Waals surface area contributed by atoms with E-state index in [-0.39, 0.29) is 30.5 Å². The van der Waals surface area contributed by atoms with Gasteiger partial charge in [-0.25, -0.2) is 0 Å². The minimum absolute atomic E-state index is 0.0422. The molecule has 0 amide bonds. The third-order valence-corrected chi connectivity index (χ3v) is 5.73. The fraction of sp³-hybridized carbons (Fsp3) is 0.400. The van der Waals surface area contributed by atoms with Crippen LogP contribution < -0.4 is 10.1 Å². The van der Waals surface area contributed by atoms with Crippen LogP contribution in [0.4, 0.5) is 0 Å². The summed E-state index contributed by atoms with van der Waals surface area (Å²) < 4.78 is 16.7. The largest absolute Gasteiger partial charge is 0.504 e. The van der Waals surface area contributed by atoms with Gasteiger partial charge in [-0.05, 0) is 55.2 Å². The molecule has 0 aliphatic heterocycles. The van der Waals surface area contributed by atoms with Gasteiger partial charge in [0, 0.05) is 12.6 Å². The van der Waals surface area contributed by atoms with E-state index in [1.165, 1.54) is 12.1 Å². The van der Waals surface area contributed by atoms with Crippen LogP contribution in [0.25, 0.3) is 0 Å². The van der Waals surface area contributed by atoms with E-state index < -0.39 is 19.5 Å². The molecule has 0 aliphatic rings. The first-order valence-electron chi connectivity index (χ1n) is 9.34. The summed E-state index contributed by atoms with van der Waals surface area (Å²) in [7, 11) is -4.31. The highest BCUT2D eigenvalue weighted by molar-refractivity contribution is 7.52. The number of ether oxygens (including phenoxy) is 1. The SMILES string of the molecule is CCC(Oc1ccc(CC(C)NCC(O)c2ccc(O)c(O)c2)cc1)P(=O)(O)O. The standard InChI is InChI=1S/C20H28NO7P/c1-3-20(29(25,26)27)28-16-7-4-14(5-8-16)10-13(2)21-12-19(24)15-6-9-17(22)18(23)11-15/h4-9,11,13,19-24H,3,10,12H2,1-2H3,(H2,25,26,27). The minimum Gasteiger partial charge on any atom is -0.504 e. The van der Waals surface area contributed by atoms with Crippen LogP contribution in [0.1, 0.15) is 37.5 Å². The van der Waals surface area contributed by atoms with Gasteiger partial charge in [-0.15, -0.1) is 0 Å². The molecule has 2 rings (SSSR count). The molecule has 0 saturated heterocycles. The molecule has 8 nitrogen and oxygen atoms in total. The Morgan fingerprint density at radius 2 is 1.72 bits per heavy atom. The van der Waals surface area contributed by atoms with E-state index in [2.05, 4.69) is 5.32 Å². The Balaban J connectivity index is 1.86. The summed E-state index contributed by atoms with van der Waals surface area (Å²) in [6.07, 6.45) is 0.0378. The van der Waals surface area contributed by atoms with E-state index in [1.807, 2.05) is 19.1 Å². The van der Waals surface area contributed by atoms with E-state index in [0.29, 0.717) is 17.7 Å². The first-order chi connectivity index (χ1) is 13.6. The molecule has 0 fully saturated rings. The highest BCUT2D eigenvalue weighted by Crippen LogP contribution is 2.43. The van der Waals surface area contributed by atoms with Gasteiger partial charge >= 0.3 is 7.60 Å². The fourth-order valence-corrected chi connectivity index (χ4v) is 3.59. The molecule has 3 unspecified atom stereocenters. The molecule has 3 atom stereocenters. The van der Waals surface area contributed by atoms with Gasteiger partial charge in [-0.2, -0.15) is 0 Å². The maximum Gasteiger partial charge on any atom is 0.365 e. The first kappa shape index (κ1) is 23.2. The van der Waals surface area contributed by atoms with Crippen molar-refractivity contribution in [3.63, 3.8) is 0 Å². The van der Waals surface area contributed by atoms with Crippen LogP contribution in [0.5, 0.6) is 17.2 Å². The maximum atomic E-state index is 11.4. The summed E-state index contributed by atoms with van der Waals surface area (Å²) >= 11 is 0. The number of hydrogen-bond donors (Lipinski definition) is 6. The predicted octanol–water partition coefficient (Wildman–Crippen LogP) is 2.64. The van der Waals surface area contributed by atoms with Crippen molar-refractivity contribution in [1.82, 2.24) is 5.32 Å². The number of nitrogens with one attached hydrogen (secondary N) is 1. The van der Waals surface area contributed by atoms with Gasteiger partial charge in [0.2, 0.25) is 0 Å². The molecule has 0 heterocycles. The second-order valence-corrected chi connectivity index (χ2v) is 8.75. The molecule has 0 radical (unpaired) electrons. The smallest absolute Gasteiger partial charge is 0.365 e. The second-order valence-electron chi connectivity index (χ2n) is 6.99. The van der Waals surface area contributed by atoms with Crippen molar-refractivity contribution < 1.29 is 34.4 Å². The highest BCUT2D eigenvalue weighted by atomic mass is 31.2. The van der Waals surface area contributed by atoms with Crippen LogP contribution in [-0.2, 0) is 11.0 Å². The van der Waals surface area contributed by atoms with Crippen LogP contribution in [0.15, 0.2) is 42.5 Å². The van der Waals surface area contributed by atoms with Crippen molar-refractivity contribution >= 4 is 7.60 Å². The van der Waals surface area contributed by atoms with E-state index in [9.17, 15) is 29.7 Å². The molecule has 0 spiro atoms. The van der Waals surface area contributed by atoms with Crippen molar-refractivity contribution in [1.29, 1.82) is 0 Å². The summed E-state index contributed by atoms with van der Waals surface area (Å²) in [6, 6.07) is 11.3. The van der Waals surface area contributed by atoms with E-state index >= 15 is 0 Å². The summed E-state index contributed by atoms with van der Waals surface area (Å²) in [5.74, 6) is -1.27. The molecular formula is C20H28NO7P. The van der Waals surface area contributed by atoms with Gasteiger partial charge in [0.15, 0.2) is 17.3 Å². The van der Waals surface area contributed by atoms with Gasteiger partial charge in [-0.1, -0.05) is 25.1 Å². The number of aliphatic hydroxyl groups is 1. The molecule has 0 saturated carbocycles. The highest BCUT2D eigenvalue weighted by Gasteiger charge is 2.28. The quantitative estimate of drug-likeness (QED) is 0.252. The van der Waals surface area contributed by atoms with Crippen molar-refractivity contribution in [2.24, 2.45) is 0 Å². The van der Waals surface area contributed by atoms with Crippen molar-refractivity contribution in [2.45, 2.75) is 44.7 Å².